The van der Waals surface area contributed by atoms with Gasteiger partial charge in [0.25, 0.3) is 5.56 Å². The first kappa shape index (κ1) is 21.9. The number of rotatable bonds is 5. The highest BCUT2D eigenvalue weighted by atomic mass is 79.9. The van der Waals surface area contributed by atoms with E-state index in [4.69, 9.17) is 4.74 Å². The Labute approximate surface area is 189 Å². The Morgan fingerprint density at radius 1 is 1.32 bits per heavy atom. The summed E-state index contributed by atoms with van der Waals surface area (Å²) >= 11 is 3.23. The highest BCUT2D eigenvalue weighted by molar-refractivity contribution is 9.10. The van der Waals surface area contributed by atoms with Gasteiger partial charge in [-0.3, -0.25) is 9.36 Å². The van der Waals surface area contributed by atoms with Crippen molar-refractivity contribution in [1.29, 1.82) is 0 Å². The molecular weight excluding hydrogens is 463 g/mol. The fourth-order valence-corrected chi connectivity index (χ4v) is 4.45. The number of hydrogen-bond donors (Lipinski definition) is 0. The molecule has 3 aromatic rings. The summed E-state index contributed by atoms with van der Waals surface area (Å²) in [6.07, 6.45) is 3.69. The Morgan fingerprint density at radius 2 is 2.13 bits per heavy atom. The van der Waals surface area contributed by atoms with E-state index in [2.05, 4.69) is 44.6 Å². The maximum Gasteiger partial charge on any atom is 0.263 e. The zero-order valence-corrected chi connectivity index (χ0v) is 19.5. The summed E-state index contributed by atoms with van der Waals surface area (Å²) in [6.45, 7) is 8.97. The predicted molar refractivity (Wildman–Crippen MR) is 122 cm³/mol. The summed E-state index contributed by atoms with van der Waals surface area (Å²) in [5.74, 6) is 0.920. The molecule has 0 saturated carbocycles. The Balaban J connectivity index is 1.64. The van der Waals surface area contributed by atoms with Crippen molar-refractivity contribution >= 4 is 27.0 Å². The third-order valence-corrected chi connectivity index (χ3v) is 6.31. The molecule has 0 unspecified atom stereocenters. The van der Waals surface area contributed by atoms with E-state index in [-0.39, 0.29) is 11.3 Å². The number of aromatic nitrogens is 3. The van der Waals surface area contributed by atoms with Gasteiger partial charge in [0.1, 0.15) is 11.6 Å². The second kappa shape index (κ2) is 9.04. The number of likely N-dealkylation sites (tertiary alicyclic amines) is 1. The molecule has 0 spiro atoms. The second-order valence-corrected chi connectivity index (χ2v) is 9.31. The molecule has 1 aliphatic rings. The molecule has 3 heterocycles. The standard InChI is InChI=1S/C23H26BrFN4O2/c1-14(2)28-8-4-5-16(12-28)13-29-15(3)27-22-19(23(29)30)10-18(11-26-22)31-21-7-6-17(24)9-20(21)25/h6-7,9-11,14,16H,4-5,8,12-13H2,1-3H3/t16-/m0/s1. The third-order valence-electron chi connectivity index (χ3n) is 5.82. The van der Waals surface area contributed by atoms with Crippen LogP contribution in [0.5, 0.6) is 11.5 Å². The quantitative estimate of drug-likeness (QED) is 0.510. The molecule has 31 heavy (non-hydrogen) atoms. The first-order valence-corrected chi connectivity index (χ1v) is 11.3. The van der Waals surface area contributed by atoms with Crippen LogP contribution in [-0.2, 0) is 6.54 Å². The number of hydrogen-bond acceptors (Lipinski definition) is 5. The molecule has 164 valence electrons. The lowest BCUT2D eigenvalue weighted by Gasteiger charge is -2.35. The van der Waals surface area contributed by atoms with E-state index in [1.807, 2.05) is 6.92 Å². The lowest BCUT2D eigenvalue weighted by atomic mass is 9.97. The molecule has 1 fully saturated rings. The molecule has 2 aromatic heterocycles. The lowest BCUT2D eigenvalue weighted by molar-refractivity contribution is 0.129. The van der Waals surface area contributed by atoms with Crippen LogP contribution >= 0.6 is 15.9 Å². The molecule has 1 aromatic carbocycles. The van der Waals surface area contributed by atoms with Gasteiger partial charge >= 0.3 is 0 Å². The lowest BCUT2D eigenvalue weighted by Crippen LogP contribution is -2.42. The smallest absolute Gasteiger partial charge is 0.263 e. The number of piperidine rings is 1. The Kier molecular flexibility index (Phi) is 6.39. The monoisotopic (exact) mass is 488 g/mol. The minimum absolute atomic E-state index is 0.0701. The highest BCUT2D eigenvalue weighted by Gasteiger charge is 2.23. The summed E-state index contributed by atoms with van der Waals surface area (Å²) < 4.78 is 22.1. The van der Waals surface area contributed by atoms with Crippen LogP contribution < -0.4 is 10.3 Å². The van der Waals surface area contributed by atoms with E-state index in [0.717, 1.165) is 25.9 Å². The molecule has 1 saturated heterocycles. The SMILES string of the molecule is Cc1nc2ncc(Oc3ccc(Br)cc3F)cc2c(=O)n1C[C@H]1CCCN(C(C)C)C1. The van der Waals surface area contributed by atoms with Crippen molar-refractivity contribution < 1.29 is 9.13 Å². The fourth-order valence-electron chi connectivity index (χ4n) is 4.12. The van der Waals surface area contributed by atoms with Gasteiger partial charge in [-0.1, -0.05) is 15.9 Å². The molecule has 0 aliphatic carbocycles. The molecule has 0 amide bonds. The van der Waals surface area contributed by atoms with Crippen molar-refractivity contribution in [2.24, 2.45) is 5.92 Å². The van der Waals surface area contributed by atoms with Gasteiger partial charge in [0.2, 0.25) is 0 Å². The van der Waals surface area contributed by atoms with E-state index < -0.39 is 5.82 Å². The van der Waals surface area contributed by atoms with Gasteiger partial charge in [-0.2, -0.15) is 0 Å². The molecular formula is C23H26BrFN4O2. The van der Waals surface area contributed by atoms with E-state index in [9.17, 15) is 9.18 Å². The highest BCUT2D eigenvalue weighted by Crippen LogP contribution is 2.27. The van der Waals surface area contributed by atoms with E-state index in [1.165, 1.54) is 18.3 Å². The average molecular weight is 489 g/mol. The summed E-state index contributed by atoms with van der Waals surface area (Å²) in [6, 6.07) is 6.63. The topological polar surface area (TPSA) is 60.3 Å². The normalized spacial score (nSPS) is 17.4. The molecule has 0 N–H and O–H groups in total. The van der Waals surface area contributed by atoms with Crippen LogP contribution in [0.25, 0.3) is 11.0 Å². The molecule has 8 heteroatoms. The summed E-state index contributed by atoms with van der Waals surface area (Å²) in [5.41, 5.74) is 0.230. The van der Waals surface area contributed by atoms with Gasteiger partial charge in [-0.15, -0.1) is 0 Å². The van der Waals surface area contributed by atoms with E-state index >= 15 is 0 Å². The molecule has 1 atom stereocenters. The maximum absolute atomic E-state index is 14.1. The van der Waals surface area contributed by atoms with Gasteiger partial charge in [0.15, 0.2) is 17.2 Å². The van der Waals surface area contributed by atoms with Gasteiger partial charge < -0.3 is 9.64 Å². The molecule has 0 bridgehead atoms. The van der Waals surface area contributed by atoms with Gasteiger partial charge in [0, 0.05) is 23.6 Å². The zero-order chi connectivity index (χ0) is 22.1. The minimum Gasteiger partial charge on any atom is -0.453 e. The van der Waals surface area contributed by atoms with E-state index in [0.29, 0.717) is 45.6 Å². The molecule has 4 rings (SSSR count). The van der Waals surface area contributed by atoms with Crippen molar-refractivity contribution in [1.82, 2.24) is 19.4 Å². The number of aryl methyl sites for hydroxylation is 1. The Morgan fingerprint density at radius 3 is 2.87 bits per heavy atom. The first-order chi connectivity index (χ1) is 14.8. The van der Waals surface area contributed by atoms with Gasteiger partial charge in [0.05, 0.1) is 11.6 Å². The van der Waals surface area contributed by atoms with Crippen LogP contribution in [0.4, 0.5) is 4.39 Å². The molecule has 0 radical (unpaired) electrons. The summed E-state index contributed by atoms with van der Waals surface area (Å²) in [4.78, 5) is 24.6. The molecule has 6 nitrogen and oxygen atoms in total. The average Bonchev–Trinajstić information content (AvgIpc) is 2.74. The van der Waals surface area contributed by atoms with Crippen LogP contribution in [0.3, 0.4) is 0 Å². The van der Waals surface area contributed by atoms with Crippen molar-refractivity contribution in [2.45, 2.75) is 46.2 Å². The Hall–Kier alpha value is -2.32. The Bertz CT molecular complexity index is 1160. The summed E-state index contributed by atoms with van der Waals surface area (Å²) in [5, 5.41) is 0.372. The summed E-state index contributed by atoms with van der Waals surface area (Å²) in [7, 11) is 0. The number of pyridine rings is 1. The third kappa shape index (κ3) is 4.80. The predicted octanol–water partition coefficient (Wildman–Crippen LogP) is 4.91. The van der Waals surface area contributed by atoms with Crippen molar-refractivity contribution in [3.05, 3.63) is 56.9 Å². The van der Waals surface area contributed by atoms with Gasteiger partial charge in [-0.05, 0) is 70.3 Å². The maximum atomic E-state index is 14.1. The number of ether oxygens (including phenoxy) is 1. The number of halogens is 2. The van der Waals surface area contributed by atoms with Crippen molar-refractivity contribution in [3.8, 4) is 11.5 Å². The van der Waals surface area contributed by atoms with Crippen LogP contribution in [0, 0.1) is 18.7 Å². The molecule has 1 aliphatic heterocycles. The van der Waals surface area contributed by atoms with Crippen molar-refractivity contribution in [2.75, 3.05) is 13.1 Å². The van der Waals surface area contributed by atoms with E-state index in [1.54, 1.807) is 16.7 Å². The van der Waals surface area contributed by atoms with Crippen molar-refractivity contribution in [3.63, 3.8) is 0 Å². The fraction of sp³-hybridized carbons (Fsp3) is 0.435. The zero-order valence-electron chi connectivity index (χ0n) is 17.9. The second-order valence-electron chi connectivity index (χ2n) is 8.39. The number of fused-ring (bicyclic) bond motifs is 1. The number of benzene rings is 1. The van der Waals surface area contributed by atoms with Gasteiger partial charge in [-0.25, -0.2) is 14.4 Å². The minimum atomic E-state index is -0.499. The van der Waals surface area contributed by atoms with Crippen LogP contribution in [-0.4, -0.2) is 38.6 Å². The largest absolute Gasteiger partial charge is 0.453 e. The first-order valence-electron chi connectivity index (χ1n) is 10.6. The van der Waals surface area contributed by atoms with Crippen LogP contribution in [0.1, 0.15) is 32.5 Å². The van der Waals surface area contributed by atoms with Crippen LogP contribution in [0.2, 0.25) is 0 Å². The number of nitrogens with zero attached hydrogens (tertiary/aromatic N) is 4. The van der Waals surface area contributed by atoms with Crippen LogP contribution in [0.15, 0.2) is 39.7 Å².